The van der Waals surface area contributed by atoms with Crippen molar-refractivity contribution in [3.05, 3.63) is 71.3 Å². The van der Waals surface area contributed by atoms with E-state index in [4.69, 9.17) is 11.6 Å². The van der Waals surface area contributed by atoms with Gasteiger partial charge in [-0.25, -0.2) is 9.59 Å². The summed E-state index contributed by atoms with van der Waals surface area (Å²) in [5.74, 6) is -1.10. The summed E-state index contributed by atoms with van der Waals surface area (Å²) in [6.45, 7) is 3.66. The lowest BCUT2D eigenvalue weighted by Gasteiger charge is -2.16. The van der Waals surface area contributed by atoms with Gasteiger partial charge in [0.25, 0.3) is 0 Å². The highest BCUT2D eigenvalue weighted by Crippen LogP contribution is 2.21. The van der Waals surface area contributed by atoms with Crippen LogP contribution < -0.4 is 10.6 Å². The first kappa shape index (κ1) is 17.6. The largest absolute Gasteiger partial charge is 0.480 e. The summed E-state index contributed by atoms with van der Waals surface area (Å²) in [6.07, 6.45) is 1.75. The normalized spacial score (nSPS) is 11.4. The summed E-state index contributed by atoms with van der Waals surface area (Å²) >= 11 is 5.89. The molecule has 0 saturated carbocycles. The molecule has 0 saturated heterocycles. The van der Waals surface area contributed by atoms with Gasteiger partial charge in [-0.2, -0.15) is 0 Å². The van der Waals surface area contributed by atoms with Crippen LogP contribution in [-0.4, -0.2) is 23.1 Å². The third-order valence-electron chi connectivity index (χ3n) is 3.37. The van der Waals surface area contributed by atoms with Crippen LogP contribution in [0.4, 0.5) is 10.5 Å². The van der Waals surface area contributed by atoms with E-state index in [9.17, 15) is 14.7 Å². The predicted molar refractivity (Wildman–Crippen MR) is 95.3 cm³/mol. The molecule has 0 aliphatic heterocycles. The van der Waals surface area contributed by atoms with Gasteiger partial charge in [-0.05, 0) is 29.3 Å². The van der Waals surface area contributed by atoms with E-state index >= 15 is 0 Å². The van der Waals surface area contributed by atoms with Crippen molar-refractivity contribution in [2.24, 2.45) is 0 Å². The van der Waals surface area contributed by atoms with Crippen LogP contribution in [0.2, 0.25) is 5.02 Å². The van der Waals surface area contributed by atoms with E-state index in [1.807, 2.05) is 30.3 Å². The lowest BCUT2D eigenvalue weighted by atomic mass is 10.1. The fraction of sp³-hybridized carbons (Fsp3) is 0.111. The van der Waals surface area contributed by atoms with Crippen molar-refractivity contribution in [2.45, 2.75) is 12.5 Å². The first-order valence-electron chi connectivity index (χ1n) is 7.26. The number of halogens is 1. The molecular formula is C18H17ClN2O3. The van der Waals surface area contributed by atoms with Crippen LogP contribution >= 0.6 is 11.6 Å². The highest BCUT2D eigenvalue weighted by molar-refractivity contribution is 6.30. The van der Waals surface area contributed by atoms with Crippen LogP contribution in [-0.2, 0) is 11.2 Å². The molecule has 0 spiro atoms. The zero-order valence-electron chi connectivity index (χ0n) is 12.8. The Bertz CT molecular complexity index is 747. The Kier molecular flexibility index (Phi) is 5.98. The maximum absolute atomic E-state index is 12.1. The van der Waals surface area contributed by atoms with Crippen molar-refractivity contribution in [2.75, 3.05) is 5.32 Å². The van der Waals surface area contributed by atoms with E-state index in [-0.39, 0.29) is 6.42 Å². The molecule has 3 N–H and O–H groups in total. The van der Waals surface area contributed by atoms with Gasteiger partial charge >= 0.3 is 12.0 Å². The minimum atomic E-state index is -1.10. The molecule has 0 aliphatic rings. The number of carboxylic acids is 1. The molecule has 2 aromatic carbocycles. The molecule has 2 rings (SSSR count). The molecule has 0 aliphatic carbocycles. The summed E-state index contributed by atoms with van der Waals surface area (Å²) in [5, 5.41) is 14.9. The summed E-state index contributed by atoms with van der Waals surface area (Å²) in [4.78, 5) is 23.5. The number of hydrogen-bond acceptors (Lipinski definition) is 2. The average Bonchev–Trinajstić information content (AvgIpc) is 2.56. The van der Waals surface area contributed by atoms with E-state index in [1.54, 1.807) is 24.3 Å². The number of anilines is 1. The molecule has 24 heavy (non-hydrogen) atoms. The van der Waals surface area contributed by atoms with Crippen LogP contribution in [0.1, 0.15) is 11.1 Å². The maximum Gasteiger partial charge on any atom is 0.326 e. The number of aliphatic carboxylic acids is 1. The Balaban J connectivity index is 2.06. The number of rotatable bonds is 6. The molecule has 6 heteroatoms. The molecule has 2 amide bonds. The third kappa shape index (κ3) is 4.86. The number of carbonyl (C=O) groups excluding carboxylic acids is 1. The Labute approximate surface area is 145 Å². The van der Waals surface area contributed by atoms with Gasteiger partial charge in [-0.3, -0.25) is 0 Å². The smallest absolute Gasteiger partial charge is 0.326 e. The molecule has 0 fully saturated rings. The second kappa shape index (κ2) is 8.17. The molecule has 0 aromatic heterocycles. The summed E-state index contributed by atoms with van der Waals surface area (Å²) < 4.78 is 0. The lowest BCUT2D eigenvalue weighted by molar-refractivity contribution is -0.139. The predicted octanol–water partition coefficient (Wildman–Crippen LogP) is 3.80. The van der Waals surface area contributed by atoms with Crippen LogP contribution in [0.15, 0.2) is 55.1 Å². The standard InChI is InChI=1S/C18H17ClN2O3/c1-2-13-11-14(19)8-9-15(13)20-18(24)21-16(17(22)23)10-12-6-4-3-5-7-12/h2-9,11,16H,1,10H2,(H,22,23)(H2,20,21,24). The first-order chi connectivity index (χ1) is 11.5. The van der Waals surface area contributed by atoms with Gasteiger partial charge in [-0.1, -0.05) is 54.6 Å². The Morgan fingerprint density at radius 3 is 2.54 bits per heavy atom. The van der Waals surface area contributed by atoms with Crippen molar-refractivity contribution in [1.82, 2.24) is 5.32 Å². The van der Waals surface area contributed by atoms with E-state index in [0.717, 1.165) is 5.56 Å². The van der Waals surface area contributed by atoms with E-state index in [2.05, 4.69) is 17.2 Å². The van der Waals surface area contributed by atoms with Gasteiger partial charge in [0.05, 0.1) is 0 Å². The third-order valence-corrected chi connectivity index (χ3v) is 3.60. The number of carbonyl (C=O) groups is 2. The molecule has 1 unspecified atom stereocenters. The number of nitrogens with one attached hydrogen (secondary N) is 2. The second-order valence-corrected chi connectivity index (χ2v) is 5.55. The molecule has 0 heterocycles. The molecule has 124 valence electrons. The highest BCUT2D eigenvalue weighted by atomic mass is 35.5. The van der Waals surface area contributed by atoms with Crippen molar-refractivity contribution >= 4 is 35.4 Å². The highest BCUT2D eigenvalue weighted by Gasteiger charge is 2.20. The Morgan fingerprint density at radius 2 is 1.92 bits per heavy atom. The molecule has 5 nitrogen and oxygen atoms in total. The number of urea groups is 1. The first-order valence-corrected chi connectivity index (χ1v) is 7.63. The minimum Gasteiger partial charge on any atom is -0.480 e. The van der Waals surface area contributed by atoms with Gasteiger partial charge in [0, 0.05) is 17.1 Å². The Hall–Kier alpha value is -2.79. The van der Waals surface area contributed by atoms with Crippen molar-refractivity contribution in [3.8, 4) is 0 Å². The van der Waals surface area contributed by atoms with E-state index in [0.29, 0.717) is 16.3 Å². The van der Waals surface area contributed by atoms with Crippen molar-refractivity contribution in [1.29, 1.82) is 0 Å². The van der Waals surface area contributed by atoms with Gasteiger partial charge in [-0.15, -0.1) is 0 Å². The second-order valence-electron chi connectivity index (χ2n) is 5.11. The summed E-state index contributed by atoms with van der Waals surface area (Å²) in [7, 11) is 0. The molecule has 2 aromatic rings. The van der Waals surface area contributed by atoms with Gasteiger partial charge in [0.2, 0.25) is 0 Å². The molecular weight excluding hydrogens is 328 g/mol. The van der Waals surface area contributed by atoms with Gasteiger partial charge in [0.15, 0.2) is 0 Å². The van der Waals surface area contributed by atoms with E-state index in [1.165, 1.54) is 0 Å². The lowest BCUT2D eigenvalue weighted by Crippen LogP contribution is -2.44. The van der Waals surface area contributed by atoms with Crippen molar-refractivity contribution < 1.29 is 14.7 Å². The minimum absolute atomic E-state index is 0.193. The molecule has 1 atom stereocenters. The quantitative estimate of drug-likeness (QED) is 0.745. The molecule has 0 bridgehead atoms. The fourth-order valence-corrected chi connectivity index (χ4v) is 2.36. The zero-order chi connectivity index (χ0) is 17.5. The summed E-state index contributed by atoms with van der Waals surface area (Å²) in [6, 6.07) is 12.4. The topological polar surface area (TPSA) is 78.4 Å². The molecule has 0 radical (unpaired) electrons. The van der Waals surface area contributed by atoms with Gasteiger partial charge in [0.1, 0.15) is 6.04 Å². The zero-order valence-corrected chi connectivity index (χ0v) is 13.6. The number of carboxylic acid groups (broad SMARTS) is 1. The monoisotopic (exact) mass is 344 g/mol. The average molecular weight is 345 g/mol. The number of hydrogen-bond donors (Lipinski definition) is 3. The van der Waals surface area contributed by atoms with E-state index < -0.39 is 18.0 Å². The number of amides is 2. The summed E-state index contributed by atoms with van der Waals surface area (Å²) in [5.41, 5.74) is 1.96. The number of benzene rings is 2. The van der Waals surface area contributed by atoms with Crippen LogP contribution in [0, 0.1) is 0 Å². The van der Waals surface area contributed by atoms with Crippen LogP contribution in [0.5, 0.6) is 0 Å². The maximum atomic E-state index is 12.1. The SMILES string of the molecule is C=Cc1cc(Cl)ccc1NC(=O)NC(Cc1ccccc1)C(=O)O. The van der Waals surface area contributed by atoms with Crippen LogP contribution in [0.25, 0.3) is 6.08 Å². The van der Waals surface area contributed by atoms with Crippen molar-refractivity contribution in [3.63, 3.8) is 0 Å². The Morgan fingerprint density at radius 1 is 1.21 bits per heavy atom. The fourth-order valence-electron chi connectivity index (χ4n) is 2.18. The van der Waals surface area contributed by atoms with Crippen LogP contribution in [0.3, 0.4) is 0 Å². The van der Waals surface area contributed by atoms with Gasteiger partial charge < -0.3 is 15.7 Å².